The summed E-state index contributed by atoms with van der Waals surface area (Å²) in [6.45, 7) is 0. The van der Waals surface area contributed by atoms with E-state index in [4.69, 9.17) is 31.2 Å². The SMILES string of the molecule is COc1ccc(NC(=S)NNC(=O)c2cc(OC)c(OC)c(OC)c2)cc1. The van der Waals surface area contributed by atoms with Crippen LogP contribution in [0.2, 0.25) is 0 Å². The van der Waals surface area contributed by atoms with Crippen LogP contribution >= 0.6 is 12.2 Å². The lowest BCUT2D eigenvalue weighted by Crippen LogP contribution is -2.43. The molecule has 8 nitrogen and oxygen atoms in total. The number of nitrogens with one attached hydrogen (secondary N) is 3. The number of methoxy groups -OCH3 is 4. The van der Waals surface area contributed by atoms with Crippen LogP contribution in [0.3, 0.4) is 0 Å². The van der Waals surface area contributed by atoms with Crippen molar-refractivity contribution in [1.29, 1.82) is 0 Å². The van der Waals surface area contributed by atoms with Crippen molar-refractivity contribution in [3.05, 3.63) is 42.0 Å². The van der Waals surface area contributed by atoms with E-state index < -0.39 is 5.91 Å². The number of hydrogen-bond acceptors (Lipinski definition) is 6. The topological polar surface area (TPSA) is 90.1 Å². The van der Waals surface area contributed by atoms with Crippen molar-refractivity contribution in [2.24, 2.45) is 0 Å². The fourth-order valence-electron chi connectivity index (χ4n) is 2.23. The first kappa shape index (κ1) is 20.1. The molecular weight excluding hydrogens is 370 g/mol. The number of rotatable bonds is 6. The quantitative estimate of drug-likeness (QED) is 0.511. The van der Waals surface area contributed by atoms with Crippen molar-refractivity contribution in [2.45, 2.75) is 0 Å². The van der Waals surface area contributed by atoms with Gasteiger partial charge in [-0.3, -0.25) is 15.6 Å². The lowest BCUT2D eigenvalue weighted by molar-refractivity contribution is 0.0943. The van der Waals surface area contributed by atoms with Gasteiger partial charge in [0.25, 0.3) is 5.91 Å². The van der Waals surface area contributed by atoms with Crippen molar-refractivity contribution >= 4 is 28.9 Å². The Hall–Kier alpha value is -3.20. The Balaban J connectivity index is 2.01. The molecule has 0 aliphatic heterocycles. The van der Waals surface area contributed by atoms with Crippen LogP contribution in [0.1, 0.15) is 10.4 Å². The van der Waals surface area contributed by atoms with Crippen LogP contribution in [0, 0.1) is 0 Å². The molecule has 0 aliphatic rings. The third-order valence-corrected chi connectivity index (χ3v) is 3.77. The van der Waals surface area contributed by atoms with Crippen LogP contribution in [0.25, 0.3) is 0 Å². The van der Waals surface area contributed by atoms with Gasteiger partial charge in [-0.25, -0.2) is 0 Å². The number of hydrogen-bond donors (Lipinski definition) is 3. The highest BCUT2D eigenvalue weighted by Gasteiger charge is 2.17. The second-order valence-corrected chi connectivity index (χ2v) is 5.58. The Kier molecular flexibility index (Phi) is 7.07. The van der Waals surface area contributed by atoms with Crippen LogP contribution in [0.4, 0.5) is 5.69 Å². The van der Waals surface area contributed by atoms with E-state index in [1.807, 2.05) is 0 Å². The number of carbonyl (C=O) groups is 1. The molecule has 3 N–H and O–H groups in total. The van der Waals surface area contributed by atoms with E-state index in [-0.39, 0.29) is 5.11 Å². The molecule has 0 unspecified atom stereocenters. The molecule has 144 valence electrons. The largest absolute Gasteiger partial charge is 0.497 e. The zero-order chi connectivity index (χ0) is 19.8. The molecule has 9 heteroatoms. The molecule has 2 rings (SSSR count). The number of thiocarbonyl (C=S) groups is 1. The smallest absolute Gasteiger partial charge is 0.269 e. The average Bonchev–Trinajstić information content (AvgIpc) is 2.71. The van der Waals surface area contributed by atoms with Crippen LogP contribution in [-0.2, 0) is 0 Å². The molecule has 0 saturated heterocycles. The van der Waals surface area contributed by atoms with E-state index in [0.717, 1.165) is 11.4 Å². The van der Waals surface area contributed by atoms with Crippen molar-refractivity contribution in [1.82, 2.24) is 10.9 Å². The van der Waals surface area contributed by atoms with Crippen LogP contribution in [-0.4, -0.2) is 39.5 Å². The minimum atomic E-state index is -0.423. The average molecular weight is 391 g/mol. The monoisotopic (exact) mass is 391 g/mol. The first-order chi connectivity index (χ1) is 13.0. The zero-order valence-electron chi connectivity index (χ0n) is 15.4. The summed E-state index contributed by atoms with van der Waals surface area (Å²) in [6, 6.07) is 10.3. The second kappa shape index (κ2) is 9.48. The fourth-order valence-corrected chi connectivity index (χ4v) is 2.40. The summed E-state index contributed by atoms with van der Waals surface area (Å²) >= 11 is 5.16. The maximum atomic E-state index is 12.4. The van der Waals surface area contributed by atoms with Gasteiger partial charge in [-0.05, 0) is 48.6 Å². The molecule has 2 aromatic carbocycles. The van der Waals surface area contributed by atoms with Crippen molar-refractivity contribution in [3.8, 4) is 23.0 Å². The molecular formula is C18H21N3O5S. The summed E-state index contributed by atoms with van der Waals surface area (Å²) < 4.78 is 20.8. The third-order valence-electron chi connectivity index (χ3n) is 3.56. The Labute approximate surface area is 162 Å². The molecule has 0 bridgehead atoms. The molecule has 0 fully saturated rings. The summed E-state index contributed by atoms with van der Waals surface area (Å²) in [6.07, 6.45) is 0. The number of hydrazine groups is 1. The van der Waals surface area contributed by atoms with Crippen molar-refractivity contribution < 1.29 is 23.7 Å². The number of ether oxygens (including phenoxy) is 4. The van der Waals surface area contributed by atoms with Crippen LogP contribution < -0.4 is 35.1 Å². The fraction of sp³-hybridized carbons (Fsp3) is 0.222. The van der Waals surface area contributed by atoms with Crippen molar-refractivity contribution in [3.63, 3.8) is 0 Å². The van der Waals surface area contributed by atoms with Gasteiger partial charge in [0.05, 0.1) is 28.4 Å². The van der Waals surface area contributed by atoms with E-state index in [1.54, 1.807) is 31.4 Å². The van der Waals surface area contributed by atoms with E-state index in [2.05, 4.69) is 16.2 Å². The van der Waals surface area contributed by atoms with E-state index in [0.29, 0.717) is 22.8 Å². The minimum Gasteiger partial charge on any atom is -0.497 e. The third kappa shape index (κ3) is 5.14. The Bertz CT molecular complexity index is 786. The van der Waals surface area contributed by atoms with Gasteiger partial charge in [0, 0.05) is 11.3 Å². The number of carbonyl (C=O) groups excluding carboxylic acids is 1. The highest BCUT2D eigenvalue weighted by Crippen LogP contribution is 2.38. The maximum Gasteiger partial charge on any atom is 0.269 e. The van der Waals surface area contributed by atoms with Gasteiger partial charge in [0.15, 0.2) is 16.6 Å². The second-order valence-electron chi connectivity index (χ2n) is 5.18. The summed E-state index contributed by atoms with van der Waals surface area (Å²) in [5, 5.41) is 3.17. The molecule has 0 saturated carbocycles. The van der Waals surface area contributed by atoms with E-state index in [9.17, 15) is 4.79 Å². The molecule has 0 radical (unpaired) electrons. The van der Waals surface area contributed by atoms with Gasteiger partial charge >= 0.3 is 0 Å². The molecule has 0 heterocycles. The predicted octanol–water partition coefficient (Wildman–Crippen LogP) is 2.35. The molecule has 2 aromatic rings. The Morgan fingerprint density at radius 3 is 1.93 bits per heavy atom. The van der Waals surface area contributed by atoms with Gasteiger partial charge < -0.3 is 24.3 Å². The molecule has 0 atom stereocenters. The maximum absolute atomic E-state index is 12.4. The minimum absolute atomic E-state index is 0.223. The van der Waals surface area contributed by atoms with Gasteiger partial charge in [-0.2, -0.15) is 0 Å². The molecule has 0 spiro atoms. The first-order valence-electron chi connectivity index (χ1n) is 7.83. The van der Waals surface area contributed by atoms with Crippen LogP contribution in [0.15, 0.2) is 36.4 Å². The van der Waals surface area contributed by atoms with Gasteiger partial charge in [0.1, 0.15) is 5.75 Å². The highest BCUT2D eigenvalue weighted by atomic mass is 32.1. The Morgan fingerprint density at radius 2 is 1.44 bits per heavy atom. The lowest BCUT2D eigenvalue weighted by atomic mass is 10.1. The van der Waals surface area contributed by atoms with E-state index >= 15 is 0 Å². The normalized spacial score (nSPS) is 9.78. The lowest BCUT2D eigenvalue weighted by Gasteiger charge is -2.15. The van der Waals surface area contributed by atoms with Crippen molar-refractivity contribution in [2.75, 3.05) is 33.8 Å². The van der Waals surface area contributed by atoms with Gasteiger partial charge in [-0.15, -0.1) is 0 Å². The van der Waals surface area contributed by atoms with E-state index in [1.165, 1.54) is 33.5 Å². The number of benzene rings is 2. The standard InChI is InChI=1S/C18H21N3O5S/c1-23-13-7-5-12(6-8-13)19-18(27)21-20-17(22)11-9-14(24-2)16(26-4)15(10-11)25-3/h5-10H,1-4H3,(H,20,22)(H2,19,21,27). The highest BCUT2D eigenvalue weighted by molar-refractivity contribution is 7.80. The Morgan fingerprint density at radius 1 is 0.852 bits per heavy atom. The first-order valence-corrected chi connectivity index (χ1v) is 8.24. The summed E-state index contributed by atoms with van der Waals surface area (Å²) in [7, 11) is 6.04. The molecule has 1 amide bonds. The molecule has 0 aliphatic carbocycles. The number of anilines is 1. The van der Waals surface area contributed by atoms with Crippen LogP contribution in [0.5, 0.6) is 23.0 Å². The zero-order valence-corrected chi connectivity index (χ0v) is 16.2. The summed E-state index contributed by atoms with van der Waals surface area (Å²) in [4.78, 5) is 12.4. The summed E-state index contributed by atoms with van der Waals surface area (Å²) in [5.41, 5.74) is 6.21. The molecule has 27 heavy (non-hydrogen) atoms. The molecule has 0 aromatic heterocycles. The van der Waals surface area contributed by atoms with Gasteiger partial charge in [0.2, 0.25) is 5.75 Å². The number of amides is 1. The van der Waals surface area contributed by atoms with Gasteiger partial charge in [-0.1, -0.05) is 0 Å². The summed E-state index contributed by atoms with van der Waals surface area (Å²) in [5.74, 6) is 1.46. The predicted molar refractivity (Wildman–Crippen MR) is 106 cm³/mol.